The smallest absolute Gasteiger partial charge is 0.312 e. The van der Waals surface area contributed by atoms with E-state index >= 15 is 0 Å². The summed E-state index contributed by atoms with van der Waals surface area (Å²) in [7, 11) is -3.97. The molecule has 0 aromatic heterocycles. The predicted molar refractivity (Wildman–Crippen MR) is 122 cm³/mol. The molecule has 3 aromatic carbocycles. The first-order chi connectivity index (χ1) is 15.9. The molecule has 0 saturated carbocycles. The van der Waals surface area contributed by atoms with Crippen LogP contribution >= 0.6 is 0 Å². The zero-order chi connectivity index (χ0) is 25.0. The molecule has 0 heterocycles. The number of amides is 1. The number of benzene rings is 3. The largest absolute Gasteiger partial charge is 0.507 e. The van der Waals surface area contributed by atoms with Crippen molar-refractivity contribution < 1.29 is 37.3 Å². The Kier molecular flexibility index (Phi) is 7.21. The van der Waals surface area contributed by atoms with Gasteiger partial charge in [0, 0.05) is 11.8 Å². The van der Waals surface area contributed by atoms with Gasteiger partial charge in [0.25, 0.3) is 0 Å². The quantitative estimate of drug-likeness (QED) is 0.403. The highest BCUT2D eigenvalue weighted by Gasteiger charge is 2.21. The Balaban J connectivity index is 1.85. The van der Waals surface area contributed by atoms with Crippen molar-refractivity contribution in [3.63, 3.8) is 0 Å². The molecule has 3 N–H and O–H groups in total. The normalized spacial score (nSPS) is 11.1. The predicted octanol–water partition coefficient (Wildman–Crippen LogP) is 4.33. The lowest BCUT2D eigenvalue weighted by molar-refractivity contribution is -0.139. The number of anilines is 1. The molecule has 0 aliphatic carbocycles. The van der Waals surface area contributed by atoms with E-state index in [0.717, 1.165) is 12.1 Å². The molecule has 0 unspecified atom stereocenters. The fourth-order valence-electron chi connectivity index (χ4n) is 3.33. The summed E-state index contributed by atoms with van der Waals surface area (Å²) in [6, 6.07) is 12.0. The van der Waals surface area contributed by atoms with E-state index in [1.54, 1.807) is 26.0 Å². The second-order valence-corrected chi connectivity index (χ2v) is 9.63. The van der Waals surface area contributed by atoms with Crippen molar-refractivity contribution in [3.8, 4) is 17.2 Å². The lowest BCUT2D eigenvalue weighted by atomic mass is 10.1. The molecule has 0 saturated heterocycles. The van der Waals surface area contributed by atoms with Gasteiger partial charge in [0.05, 0.1) is 5.75 Å². The number of carbonyl (C=O) groups excluding carboxylic acids is 1. The van der Waals surface area contributed by atoms with E-state index in [1.807, 2.05) is 0 Å². The number of ether oxygens (including phenoxy) is 1. The van der Waals surface area contributed by atoms with Gasteiger partial charge in [-0.3, -0.25) is 9.59 Å². The fourth-order valence-corrected chi connectivity index (χ4v) is 4.80. The van der Waals surface area contributed by atoms with Gasteiger partial charge in [0.15, 0.2) is 9.84 Å². The van der Waals surface area contributed by atoms with Crippen LogP contribution in [0.25, 0.3) is 0 Å². The molecule has 8 nitrogen and oxygen atoms in total. The average Bonchev–Trinajstić information content (AvgIpc) is 2.72. The minimum Gasteiger partial charge on any atom is -0.507 e. The lowest BCUT2D eigenvalue weighted by Gasteiger charge is -2.15. The molecule has 10 heteroatoms. The van der Waals surface area contributed by atoms with Crippen molar-refractivity contribution >= 4 is 27.4 Å². The molecular formula is C24H22FNO7S. The number of aryl methyl sites for hydroxylation is 2. The van der Waals surface area contributed by atoms with Crippen LogP contribution in [0.1, 0.15) is 23.1 Å². The zero-order valence-electron chi connectivity index (χ0n) is 18.3. The maximum atomic E-state index is 13.1. The maximum Gasteiger partial charge on any atom is 0.312 e. The Morgan fingerprint density at radius 1 is 1.00 bits per heavy atom. The topological polar surface area (TPSA) is 130 Å². The molecule has 34 heavy (non-hydrogen) atoms. The van der Waals surface area contributed by atoms with Crippen LogP contribution in [-0.2, 0) is 25.2 Å². The number of nitrogens with one attached hydrogen (secondary N) is 1. The van der Waals surface area contributed by atoms with Gasteiger partial charge in [-0.05, 0) is 66.9 Å². The number of hydrogen-bond donors (Lipinski definition) is 3. The highest BCUT2D eigenvalue weighted by atomic mass is 32.2. The Morgan fingerprint density at radius 3 is 2.21 bits per heavy atom. The summed E-state index contributed by atoms with van der Waals surface area (Å²) in [6.07, 6.45) is -0.668. The highest BCUT2D eigenvalue weighted by molar-refractivity contribution is 7.90. The number of carbonyl (C=O) groups is 2. The Morgan fingerprint density at radius 2 is 1.62 bits per heavy atom. The minimum absolute atomic E-state index is 0.157. The second-order valence-electron chi connectivity index (χ2n) is 7.68. The van der Waals surface area contributed by atoms with Crippen LogP contribution in [0, 0.1) is 19.7 Å². The van der Waals surface area contributed by atoms with Crippen molar-refractivity contribution in [1.82, 2.24) is 0 Å². The molecule has 0 radical (unpaired) electrons. The molecule has 0 fully saturated rings. The number of phenols is 1. The number of aliphatic carboxylic acids is 1. The number of rotatable bonds is 8. The molecule has 178 valence electrons. The molecule has 0 spiro atoms. The van der Waals surface area contributed by atoms with Gasteiger partial charge in [-0.2, -0.15) is 0 Å². The van der Waals surface area contributed by atoms with Crippen LogP contribution in [0.2, 0.25) is 0 Å². The summed E-state index contributed by atoms with van der Waals surface area (Å²) >= 11 is 0. The van der Waals surface area contributed by atoms with E-state index in [2.05, 4.69) is 5.32 Å². The monoisotopic (exact) mass is 487 g/mol. The average molecular weight is 488 g/mol. The van der Waals surface area contributed by atoms with E-state index in [1.165, 1.54) is 30.3 Å². The lowest BCUT2D eigenvalue weighted by Crippen LogP contribution is -2.16. The molecule has 0 aliphatic heterocycles. The molecular weight excluding hydrogens is 465 g/mol. The summed E-state index contributed by atoms with van der Waals surface area (Å²) in [5, 5.41) is 21.4. The third-order valence-electron chi connectivity index (χ3n) is 4.81. The van der Waals surface area contributed by atoms with Crippen molar-refractivity contribution in [3.05, 3.63) is 77.1 Å². The number of hydrogen-bond acceptors (Lipinski definition) is 6. The first-order valence-electron chi connectivity index (χ1n) is 10.1. The number of carboxylic acids is 1. The summed E-state index contributed by atoms with van der Waals surface area (Å²) in [6.45, 7) is 3.42. The molecule has 3 aromatic rings. The molecule has 3 rings (SSSR count). The Bertz CT molecular complexity index is 1330. The van der Waals surface area contributed by atoms with Crippen LogP contribution in [0.3, 0.4) is 0 Å². The summed E-state index contributed by atoms with van der Waals surface area (Å²) < 4.78 is 44.8. The number of aromatic hydroxyl groups is 1. The Hall–Kier alpha value is -3.92. The van der Waals surface area contributed by atoms with Crippen molar-refractivity contribution in [2.24, 2.45) is 0 Å². The standard InChI is InChI=1S/C24H22FNO7S/c1-14-9-18(26-22(28)12-23(29)30)10-15(2)24(14)33-19-7-8-20(27)21(11-19)34(31,32)13-16-3-5-17(25)6-4-16/h3-11,27H,12-13H2,1-2H3,(H,26,28)(H,29,30). The van der Waals surface area contributed by atoms with Gasteiger partial charge in [0.1, 0.15) is 34.4 Å². The first kappa shape index (κ1) is 24.7. The van der Waals surface area contributed by atoms with Gasteiger partial charge in [-0.1, -0.05) is 12.1 Å². The highest BCUT2D eigenvalue weighted by Crippen LogP contribution is 2.35. The van der Waals surface area contributed by atoms with Gasteiger partial charge < -0.3 is 20.3 Å². The third kappa shape index (κ3) is 6.10. The minimum atomic E-state index is -3.97. The summed E-state index contributed by atoms with van der Waals surface area (Å²) in [4.78, 5) is 22.1. The number of sulfone groups is 1. The van der Waals surface area contributed by atoms with Crippen LogP contribution in [-0.4, -0.2) is 30.5 Å². The number of phenolic OH excluding ortho intramolecular Hbond substituents is 1. The molecule has 0 bridgehead atoms. The van der Waals surface area contributed by atoms with Crippen molar-refractivity contribution in [2.75, 3.05) is 5.32 Å². The van der Waals surface area contributed by atoms with E-state index in [4.69, 9.17) is 9.84 Å². The van der Waals surface area contributed by atoms with E-state index in [0.29, 0.717) is 28.1 Å². The van der Waals surface area contributed by atoms with Crippen molar-refractivity contribution in [1.29, 1.82) is 0 Å². The Labute approximate surface area is 195 Å². The second kappa shape index (κ2) is 9.92. The van der Waals surface area contributed by atoms with E-state index in [9.17, 15) is 27.5 Å². The molecule has 0 aliphatic rings. The van der Waals surface area contributed by atoms with E-state index in [-0.39, 0.29) is 10.6 Å². The molecule has 0 atom stereocenters. The fraction of sp³-hybridized carbons (Fsp3) is 0.167. The van der Waals surface area contributed by atoms with Crippen LogP contribution in [0.5, 0.6) is 17.2 Å². The van der Waals surface area contributed by atoms with Crippen molar-refractivity contribution in [2.45, 2.75) is 30.9 Å². The van der Waals surface area contributed by atoms with Crippen LogP contribution in [0.15, 0.2) is 59.5 Å². The van der Waals surface area contributed by atoms with Gasteiger partial charge in [-0.15, -0.1) is 0 Å². The van der Waals surface area contributed by atoms with E-state index < -0.39 is 45.5 Å². The zero-order valence-corrected chi connectivity index (χ0v) is 19.1. The maximum absolute atomic E-state index is 13.1. The van der Waals surface area contributed by atoms with Gasteiger partial charge in [0.2, 0.25) is 5.91 Å². The van der Waals surface area contributed by atoms with Crippen LogP contribution in [0.4, 0.5) is 10.1 Å². The summed E-state index contributed by atoms with van der Waals surface area (Å²) in [5.41, 5.74) is 1.96. The number of carboxylic acid groups (broad SMARTS) is 1. The third-order valence-corrected chi connectivity index (χ3v) is 6.52. The van der Waals surface area contributed by atoms with Gasteiger partial charge >= 0.3 is 5.97 Å². The first-order valence-corrected chi connectivity index (χ1v) is 11.7. The van der Waals surface area contributed by atoms with Crippen LogP contribution < -0.4 is 10.1 Å². The number of halogens is 1. The van der Waals surface area contributed by atoms with Gasteiger partial charge in [-0.25, -0.2) is 12.8 Å². The SMILES string of the molecule is Cc1cc(NC(=O)CC(=O)O)cc(C)c1Oc1ccc(O)c(S(=O)(=O)Cc2ccc(F)cc2)c1. The molecule has 1 amide bonds. The summed E-state index contributed by atoms with van der Waals surface area (Å²) in [5.74, 6) is -2.73.